The second-order valence-electron chi connectivity index (χ2n) is 9.27. The lowest BCUT2D eigenvalue weighted by atomic mass is 9.82. The third-order valence-corrected chi connectivity index (χ3v) is 5.30. The Kier molecular flexibility index (Phi) is 8.29. The van der Waals surface area contributed by atoms with Crippen molar-refractivity contribution in [2.75, 3.05) is 13.1 Å². The maximum absolute atomic E-state index is 13.0. The van der Waals surface area contributed by atoms with Crippen molar-refractivity contribution >= 4 is 12.0 Å². The van der Waals surface area contributed by atoms with Crippen molar-refractivity contribution in [2.24, 2.45) is 11.8 Å². The zero-order valence-corrected chi connectivity index (χ0v) is 18.6. The molecule has 1 fully saturated rings. The number of alkyl halides is 6. The third-order valence-electron chi connectivity index (χ3n) is 5.30. The summed E-state index contributed by atoms with van der Waals surface area (Å²) in [5.41, 5.74) is -4.34. The highest BCUT2D eigenvalue weighted by atomic mass is 19.4. The summed E-state index contributed by atoms with van der Waals surface area (Å²) < 4.78 is 83.0. The predicted molar refractivity (Wildman–Crippen MR) is 108 cm³/mol. The summed E-state index contributed by atoms with van der Waals surface area (Å²) in [6.07, 6.45) is -7.59. The first-order valence-corrected chi connectivity index (χ1v) is 10.6. The van der Waals surface area contributed by atoms with Crippen LogP contribution in [0.5, 0.6) is 0 Å². The predicted octanol–water partition coefficient (Wildman–Crippen LogP) is 5.79. The van der Waals surface area contributed by atoms with E-state index >= 15 is 0 Å². The molecule has 2 N–H and O–H groups in total. The third kappa shape index (κ3) is 8.77. The molecule has 1 aromatic carbocycles. The quantitative estimate of drug-likeness (QED) is 0.523. The maximum atomic E-state index is 13.0. The fourth-order valence-electron chi connectivity index (χ4n) is 3.61. The smallest absolute Gasteiger partial charge is 0.416 e. The number of ether oxygens (including phenoxy) is 1. The molecule has 2 rings (SSSR count). The average molecular weight is 482 g/mol. The molecule has 0 bridgehead atoms. The van der Waals surface area contributed by atoms with Gasteiger partial charge in [0.15, 0.2) is 0 Å². The minimum absolute atomic E-state index is 0.0105. The van der Waals surface area contributed by atoms with Crippen molar-refractivity contribution in [1.82, 2.24) is 10.6 Å². The van der Waals surface area contributed by atoms with Gasteiger partial charge in [0, 0.05) is 18.7 Å². The number of benzene rings is 1. The van der Waals surface area contributed by atoms with Crippen LogP contribution in [0.3, 0.4) is 0 Å². The number of nitrogens with one attached hydrogen (secondary N) is 2. The summed E-state index contributed by atoms with van der Waals surface area (Å²) in [5, 5.41) is 5.17. The Labute approximate surface area is 188 Å². The van der Waals surface area contributed by atoms with Crippen molar-refractivity contribution < 1.29 is 40.7 Å². The van der Waals surface area contributed by atoms with Gasteiger partial charge in [0.2, 0.25) is 0 Å². The number of alkyl carbamates (subject to hydrolysis) is 1. The number of hydrogen-bond donors (Lipinski definition) is 2. The second kappa shape index (κ2) is 10.2. The SMILES string of the molecule is CC(C)(C)OC(=O)NCC1CCC(CNC(=O)c2cc(C(F)(F)F)cc(C(F)(F)F)c2)CC1. The van der Waals surface area contributed by atoms with E-state index in [2.05, 4.69) is 10.6 Å². The van der Waals surface area contributed by atoms with E-state index < -0.39 is 46.6 Å². The number of hydrogen-bond acceptors (Lipinski definition) is 3. The first kappa shape index (κ1) is 26.8. The monoisotopic (exact) mass is 482 g/mol. The first-order valence-electron chi connectivity index (χ1n) is 10.6. The largest absolute Gasteiger partial charge is 0.444 e. The van der Waals surface area contributed by atoms with Crippen LogP contribution in [-0.4, -0.2) is 30.7 Å². The summed E-state index contributed by atoms with van der Waals surface area (Å²) in [6, 6.07) is 0.830. The molecule has 1 aliphatic carbocycles. The summed E-state index contributed by atoms with van der Waals surface area (Å²) in [6.45, 7) is 5.86. The van der Waals surface area contributed by atoms with Gasteiger partial charge in [-0.2, -0.15) is 26.3 Å². The fourth-order valence-corrected chi connectivity index (χ4v) is 3.61. The Balaban J connectivity index is 1.88. The molecule has 1 saturated carbocycles. The van der Waals surface area contributed by atoms with Crippen LogP contribution in [0.1, 0.15) is 67.9 Å². The van der Waals surface area contributed by atoms with Gasteiger partial charge < -0.3 is 15.4 Å². The average Bonchev–Trinajstić information content (AvgIpc) is 2.68. The Bertz CT molecular complexity index is 806. The molecule has 33 heavy (non-hydrogen) atoms. The molecule has 0 radical (unpaired) electrons. The lowest BCUT2D eigenvalue weighted by Crippen LogP contribution is -2.37. The Morgan fingerprint density at radius 3 is 1.64 bits per heavy atom. The van der Waals surface area contributed by atoms with Crippen LogP contribution >= 0.6 is 0 Å². The van der Waals surface area contributed by atoms with Crippen molar-refractivity contribution in [2.45, 2.75) is 64.4 Å². The summed E-state index contributed by atoms with van der Waals surface area (Å²) in [7, 11) is 0. The van der Waals surface area contributed by atoms with E-state index in [0.29, 0.717) is 31.5 Å². The molecule has 0 saturated heterocycles. The minimum atomic E-state index is -5.01. The van der Waals surface area contributed by atoms with Gasteiger partial charge in [-0.1, -0.05) is 0 Å². The van der Waals surface area contributed by atoms with Crippen molar-refractivity contribution in [1.29, 1.82) is 0 Å². The number of rotatable bonds is 5. The van der Waals surface area contributed by atoms with Gasteiger partial charge in [-0.05, 0) is 76.5 Å². The Morgan fingerprint density at radius 2 is 1.24 bits per heavy atom. The van der Waals surface area contributed by atoms with E-state index in [-0.39, 0.29) is 24.4 Å². The van der Waals surface area contributed by atoms with Crippen LogP contribution in [0, 0.1) is 11.8 Å². The molecule has 0 spiro atoms. The minimum Gasteiger partial charge on any atom is -0.444 e. The molecular formula is C22H28F6N2O3. The molecule has 186 valence electrons. The van der Waals surface area contributed by atoms with Crippen molar-refractivity contribution in [3.63, 3.8) is 0 Å². The van der Waals surface area contributed by atoms with E-state index in [1.807, 2.05) is 0 Å². The van der Waals surface area contributed by atoms with Gasteiger partial charge in [-0.3, -0.25) is 4.79 Å². The highest BCUT2D eigenvalue weighted by Crippen LogP contribution is 2.36. The van der Waals surface area contributed by atoms with Gasteiger partial charge in [-0.15, -0.1) is 0 Å². The molecule has 0 aliphatic heterocycles. The van der Waals surface area contributed by atoms with E-state index in [4.69, 9.17) is 4.74 Å². The topological polar surface area (TPSA) is 67.4 Å². The van der Waals surface area contributed by atoms with Gasteiger partial charge in [0.1, 0.15) is 5.60 Å². The highest BCUT2D eigenvalue weighted by Gasteiger charge is 2.37. The number of carbonyl (C=O) groups excluding carboxylic acids is 2. The molecule has 5 nitrogen and oxygen atoms in total. The number of carbonyl (C=O) groups is 2. The molecule has 0 unspecified atom stereocenters. The maximum Gasteiger partial charge on any atom is 0.416 e. The number of halogens is 6. The fraction of sp³-hybridized carbons (Fsp3) is 0.636. The van der Waals surface area contributed by atoms with Crippen LogP contribution in [0.2, 0.25) is 0 Å². The number of amides is 2. The van der Waals surface area contributed by atoms with Crippen LogP contribution < -0.4 is 10.6 Å². The van der Waals surface area contributed by atoms with Crippen LogP contribution in [0.25, 0.3) is 0 Å². The standard InChI is InChI=1S/C22H28F6N2O3/c1-20(2,3)33-19(32)30-12-14-6-4-13(5-7-14)11-29-18(31)15-8-16(21(23,24)25)10-17(9-15)22(26,27)28/h8-10,13-14H,4-7,11-12H2,1-3H3,(H,29,31)(H,30,32). The van der Waals surface area contributed by atoms with Crippen molar-refractivity contribution in [3.8, 4) is 0 Å². The van der Waals surface area contributed by atoms with Gasteiger partial charge in [-0.25, -0.2) is 4.79 Å². The van der Waals surface area contributed by atoms with Gasteiger partial charge >= 0.3 is 18.4 Å². The molecule has 11 heteroatoms. The summed E-state index contributed by atoms with van der Waals surface area (Å²) in [5.74, 6) is -0.720. The molecule has 2 amide bonds. The summed E-state index contributed by atoms with van der Waals surface area (Å²) in [4.78, 5) is 24.0. The Morgan fingerprint density at radius 1 is 0.818 bits per heavy atom. The van der Waals surface area contributed by atoms with Crippen LogP contribution in [0.4, 0.5) is 31.1 Å². The van der Waals surface area contributed by atoms with Gasteiger partial charge in [0.05, 0.1) is 11.1 Å². The normalized spacial score (nSPS) is 19.7. The van der Waals surface area contributed by atoms with E-state index in [9.17, 15) is 35.9 Å². The molecule has 1 aromatic rings. The van der Waals surface area contributed by atoms with Crippen LogP contribution in [-0.2, 0) is 17.1 Å². The Hall–Kier alpha value is -2.46. The highest BCUT2D eigenvalue weighted by molar-refractivity contribution is 5.94. The lowest BCUT2D eigenvalue weighted by Gasteiger charge is -2.29. The van der Waals surface area contributed by atoms with Gasteiger partial charge in [0.25, 0.3) is 5.91 Å². The van der Waals surface area contributed by atoms with Crippen LogP contribution in [0.15, 0.2) is 18.2 Å². The second-order valence-corrected chi connectivity index (χ2v) is 9.27. The van der Waals surface area contributed by atoms with Crippen molar-refractivity contribution in [3.05, 3.63) is 34.9 Å². The zero-order chi connectivity index (χ0) is 25.0. The van der Waals surface area contributed by atoms with E-state index in [0.717, 1.165) is 12.8 Å². The van der Waals surface area contributed by atoms with E-state index in [1.54, 1.807) is 20.8 Å². The summed E-state index contributed by atoms with van der Waals surface area (Å²) >= 11 is 0. The lowest BCUT2D eigenvalue weighted by molar-refractivity contribution is -0.143. The molecule has 1 aliphatic rings. The zero-order valence-electron chi connectivity index (χ0n) is 18.6. The van der Waals surface area contributed by atoms with E-state index in [1.165, 1.54) is 0 Å². The molecule has 0 aromatic heterocycles. The first-order chi connectivity index (χ1) is 15.0. The molecule has 0 atom stereocenters. The molecular weight excluding hydrogens is 454 g/mol. The molecule has 0 heterocycles.